The van der Waals surface area contributed by atoms with Gasteiger partial charge in [0.05, 0.1) is 11.0 Å². The van der Waals surface area contributed by atoms with Gasteiger partial charge in [-0.2, -0.15) is 0 Å². The number of hydrogen-bond acceptors (Lipinski definition) is 2. The highest BCUT2D eigenvalue weighted by atomic mass is 14.9. The first-order valence-corrected chi connectivity index (χ1v) is 7.55. The second-order valence-corrected chi connectivity index (χ2v) is 5.72. The van der Waals surface area contributed by atoms with Gasteiger partial charge in [-0.05, 0) is 30.5 Å². The van der Waals surface area contributed by atoms with Crippen LogP contribution in [0, 0.1) is 0 Å². The molecule has 3 heteroatoms. The molecule has 0 spiro atoms. The summed E-state index contributed by atoms with van der Waals surface area (Å²) in [5.74, 6) is 1.81. The van der Waals surface area contributed by atoms with Crippen molar-refractivity contribution in [1.29, 1.82) is 0 Å². The van der Waals surface area contributed by atoms with E-state index in [4.69, 9.17) is 10.7 Å². The van der Waals surface area contributed by atoms with Crippen LogP contribution in [0.2, 0.25) is 0 Å². The van der Waals surface area contributed by atoms with E-state index < -0.39 is 0 Å². The van der Waals surface area contributed by atoms with Crippen LogP contribution < -0.4 is 5.73 Å². The maximum Gasteiger partial charge on any atom is 0.110 e. The topological polar surface area (TPSA) is 54.7 Å². The van der Waals surface area contributed by atoms with E-state index in [2.05, 4.69) is 23.2 Å². The zero-order valence-corrected chi connectivity index (χ0v) is 11.5. The molecular formula is C16H23N3. The van der Waals surface area contributed by atoms with Crippen molar-refractivity contribution < 1.29 is 0 Å². The van der Waals surface area contributed by atoms with Crippen LogP contribution in [0.4, 0.5) is 0 Å². The highest BCUT2D eigenvalue weighted by Gasteiger charge is 2.17. The zero-order chi connectivity index (χ0) is 13.1. The third-order valence-electron chi connectivity index (χ3n) is 4.29. The van der Waals surface area contributed by atoms with E-state index in [1.807, 2.05) is 0 Å². The molecule has 0 radical (unpaired) electrons. The van der Waals surface area contributed by atoms with Gasteiger partial charge in [0.25, 0.3) is 0 Å². The van der Waals surface area contributed by atoms with Crippen LogP contribution in [0.5, 0.6) is 0 Å². The van der Waals surface area contributed by atoms with Crippen molar-refractivity contribution in [3.05, 3.63) is 29.6 Å². The lowest BCUT2D eigenvalue weighted by molar-refractivity contribution is 0.445. The van der Waals surface area contributed by atoms with Gasteiger partial charge < -0.3 is 10.7 Å². The van der Waals surface area contributed by atoms with E-state index in [1.165, 1.54) is 56.3 Å². The summed E-state index contributed by atoms with van der Waals surface area (Å²) in [6.45, 7) is 0.591. The van der Waals surface area contributed by atoms with Crippen LogP contribution in [-0.4, -0.2) is 9.97 Å². The first-order valence-electron chi connectivity index (χ1n) is 7.55. The van der Waals surface area contributed by atoms with E-state index in [0.29, 0.717) is 12.5 Å². The molecule has 0 atom stereocenters. The lowest BCUT2D eigenvalue weighted by Crippen LogP contribution is -2.04. The molecule has 1 heterocycles. The minimum Gasteiger partial charge on any atom is -0.342 e. The Morgan fingerprint density at radius 3 is 2.58 bits per heavy atom. The Morgan fingerprint density at radius 2 is 1.84 bits per heavy atom. The first kappa shape index (κ1) is 12.7. The molecule has 0 bridgehead atoms. The fraction of sp³-hybridized carbons (Fsp3) is 0.562. The Labute approximate surface area is 114 Å². The van der Waals surface area contributed by atoms with Gasteiger partial charge in [0, 0.05) is 12.5 Å². The largest absolute Gasteiger partial charge is 0.342 e. The molecule has 1 aliphatic rings. The molecule has 3 N–H and O–H groups in total. The van der Waals surface area contributed by atoms with Crippen molar-refractivity contribution in [2.24, 2.45) is 5.73 Å². The van der Waals surface area contributed by atoms with Crippen molar-refractivity contribution in [3.8, 4) is 0 Å². The average Bonchev–Trinajstić information content (AvgIpc) is 2.80. The Hall–Kier alpha value is -1.35. The third-order valence-corrected chi connectivity index (χ3v) is 4.29. The standard InChI is InChI=1S/C16H23N3/c17-11-12-8-9-14-15(10-12)19-16(18-14)13-6-4-2-1-3-5-7-13/h8-10,13H,1-7,11,17H2,(H,18,19). The fourth-order valence-electron chi connectivity index (χ4n) is 3.13. The molecule has 1 aliphatic carbocycles. The van der Waals surface area contributed by atoms with Gasteiger partial charge in [0.15, 0.2) is 0 Å². The predicted octanol–water partition coefficient (Wildman–Crippen LogP) is 3.85. The molecule has 3 rings (SSSR count). The van der Waals surface area contributed by atoms with E-state index in [-0.39, 0.29) is 0 Å². The Balaban J connectivity index is 1.86. The van der Waals surface area contributed by atoms with Crippen LogP contribution in [-0.2, 0) is 6.54 Å². The van der Waals surface area contributed by atoms with Crippen molar-refractivity contribution in [1.82, 2.24) is 9.97 Å². The molecule has 0 amide bonds. The summed E-state index contributed by atoms with van der Waals surface area (Å²) in [5.41, 5.74) is 9.08. The van der Waals surface area contributed by atoms with E-state index in [1.54, 1.807) is 0 Å². The number of aromatic amines is 1. The molecule has 3 nitrogen and oxygen atoms in total. The quantitative estimate of drug-likeness (QED) is 0.858. The predicted molar refractivity (Wildman–Crippen MR) is 79.0 cm³/mol. The summed E-state index contributed by atoms with van der Waals surface area (Å²) in [5, 5.41) is 0. The van der Waals surface area contributed by atoms with Gasteiger partial charge in [0.1, 0.15) is 5.82 Å². The van der Waals surface area contributed by atoms with Gasteiger partial charge in [-0.25, -0.2) is 4.98 Å². The summed E-state index contributed by atoms with van der Waals surface area (Å²) in [7, 11) is 0. The summed E-state index contributed by atoms with van der Waals surface area (Å²) >= 11 is 0. The number of nitrogens with two attached hydrogens (primary N) is 1. The third kappa shape index (κ3) is 2.81. The molecule has 2 aromatic rings. The van der Waals surface area contributed by atoms with Gasteiger partial charge >= 0.3 is 0 Å². The van der Waals surface area contributed by atoms with Gasteiger partial charge in [-0.15, -0.1) is 0 Å². The smallest absolute Gasteiger partial charge is 0.110 e. The molecule has 0 unspecified atom stereocenters. The van der Waals surface area contributed by atoms with Crippen molar-refractivity contribution in [2.75, 3.05) is 0 Å². The number of fused-ring (bicyclic) bond motifs is 1. The fourth-order valence-corrected chi connectivity index (χ4v) is 3.13. The maximum atomic E-state index is 5.69. The minimum absolute atomic E-state index is 0.591. The number of nitrogens with zero attached hydrogens (tertiary/aromatic N) is 1. The number of hydrogen-bond donors (Lipinski definition) is 2. The van der Waals surface area contributed by atoms with E-state index >= 15 is 0 Å². The van der Waals surface area contributed by atoms with Crippen LogP contribution >= 0.6 is 0 Å². The molecule has 1 saturated carbocycles. The number of nitrogens with one attached hydrogen (secondary N) is 1. The highest BCUT2D eigenvalue weighted by molar-refractivity contribution is 5.76. The zero-order valence-electron chi connectivity index (χ0n) is 11.5. The number of benzene rings is 1. The van der Waals surface area contributed by atoms with Crippen LogP contribution in [0.25, 0.3) is 11.0 Å². The van der Waals surface area contributed by atoms with Crippen molar-refractivity contribution >= 4 is 11.0 Å². The number of rotatable bonds is 2. The maximum absolute atomic E-state index is 5.69. The lowest BCUT2D eigenvalue weighted by Gasteiger charge is -2.17. The SMILES string of the molecule is NCc1ccc2nc(C3CCCCCCC3)[nH]c2c1. The van der Waals surface area contributed by atoms with Gasteiger partial charge in [-0.3, -0.25) is 0 Å². The molecule has 1 aromatic heterocycles. The molecule has 0 aliphatic heterocycles. The summed E-state index contributed by atoms with van der Waals surface area (Å²) < 4.78 is 0. The monoisotopic (exact) mass is 257 g/mol. The Morgan fingerprint density at radius 1 is 1.11 bits per heavy atom. The molecule has 1 fully saturated rings. The van der Waals surface area contributed by atoms with Crippen LogP contribution in [0.3, 0.4) is 0 Å². The van der Waals surface area contributed by atoms with Crippen molar-refractivity contribution in [2.45, 2.75) is 57.4 Å². The van der Waals surface area contributed by atoms with Gasteiger partial charge in [-0.1, -0.05) is 38.2 Å². The summed E-state index contributed by atoms with van der Waals surface area (Å²) in [6.07, 6.45) is 9.42. The second kappa shape index (κ2) is 5.74. The van der Waals surface area contributed by atoms with Crippen LogP contribution in [0.1, 0.15) is 62.3 Å². The summed E-state index contributed by atoms with van der Waals surface area (Å²) in [4.78, 5) is 8.31. The Bertz CT molecular complexity index is 536. The summed E-state index contributed by atoms with van der Waals surface area (Å²) in [6, 6.07) is 6.29. The molecule has 1 aromatic carbocycles. The van der Waals surface area contributed by atoms with E-state index in [9.17, 15) is 0 Å². The second-order valence-electron chi connectivity index (χ2n) is 5.72. The molecule has 19 heavy (non-hydrogen) atoms. The van der Waals surface area contributed by atoms with Crippen molar-refractivity contribution in [3.63, 3.8) is 0 Å². The average molecular weight is 257 g/mol. The number of imidazole rings is 1. The van der Waals surface area contributed by atoms with Crippen LogP contribution in [0.15, 0.2) is 18.2 Å². The molecule has 102 valence electrons. The highest BCUT2D eigenvalue weighted by Crippen LogP contribution is 2.30. The lowest BCUT2D eigenvalue weighted by atomic mass is 9.91. The Kier molecular flexibility index (Phi) is 3.83. The van der Waals surface area contributed by atoms with E-state index in [0.717, 1.165) is 11.0 Å². The number of aromatic nitrogens is 2. The molecular weight excluding hydrogens is 234 g/mol. The van der Waals surface area contributed by atoms with Gasteiger partial charge in [0.2, 0.25) is 0 Å². The minimum atomic E-state index is 0.591. The first-order chi connectivity index (χ1) is 9.36. The normalized spacial score (nSPS) is 18.4. The number of H-pyrrole nitrogens is 1. The molecule has 0 saturated heterocycles.